The summed E-state index contributed by atoms with van der Waals surface area (Å²) in [6.07, 6.45) is 0.0851. The number of rotatable bonds is 7. The summed E-state index contributed by atoms with van der Waals surface area (Å²) in [5.41, 5.74) is 0. The van der Waals surface area contributed by atoms with Gasteiger partial charge in [-0.3, -0.25) is 0 Å². The third kappa shape index (κ3) is 4.93. The van der Waals surface area contributed by atoms with E-state index in [-0.39, 0.29) is 18.5 Å². The minimum Gasteiger partial charge on any atom is -0.378 e. The molecule has 0 heterocycles. The second-order valence-electron chi connectivity index (χ2n) is 3.32. The highest BCUT2D eigenvalue weighted by Gasteiger charge is 2.18. The molecule has 0 saturated heterocycles. The predicted octanol–water partition coefficient (Wildman–Crippen LogP) is 1.08. The van der Waals surface area contributed by atoms with Gasteiger partial charge in [-0.25, -0.2) is 12.7 Å². The summed E-state index contributed by atoms with van der Waals surface area (Å²) < 4.78 is 29.9. The zero-order valence-electron chi connectivity index (χ0n) is 9.49. The lowest BCUT2D eigenvalue weighted by Crippen LogP contribution is -2.34. The average Bonchev–Trinajstić information content (AvgIpc) is 2.04. The normalized spacial score (nSPS) is 12.7. The number of hydrogen-bond acceptors (Lipinski definition) is 3. The zero-order chi connectivity index (χ0) is 11.2. The van der Waals surface area contributed by atoms with Crippen molar-refractivity contribution in [3.8, 4) is 0 Å². The molecule has 0 N–H and O–H groups in total. The second kappa shape index (κ2) is 6.37. The first-order chi connectivity index (χ1) is 6.44. The Labute approximate surface area is 87.3 Å². The van der Waals surface area contributed by atoms with Gasteiger partial charge >= 0.3 is 0 Å². The first-order valence-electron chi connectivity index (χ1n) is 5.03. The van der Waals surface area contributed by atoms with Crippen LogP contribution in [-0.2, 0) is 14.8 Å². The summed E-state index contributed by atoms with van der Waals surface area (Å²) in [6, 6.07) is 0. The van der Waals surface area contributed by atoms with Crippen molar-refractivity contribution < 1.29 is 13.2 Å². The van der Waals surface area contributed by atoms with E-state index < -0.39 is 10.0 Å². The third-order valence-electron chi connectivity index (χ3n) is 1.89. The van der Waals surface area contributed by atoms with Crippen LogP contribution >= 0.6 is 0 Å². The molecule has 0 aliphatic carbocycles. The van der Waals surface area contributed by atoms with Crippen molar-refractivity contribution in [2.24, 2.45) is 0 Å². The summed E-state index contributed by atoms with van der Waals surface area (Å²) in [4.78, 5) is 0. The molecule has 0 aliphatic rings. The fourth-order valence-electron chi connectivity index (χ4n) is 1.14. The van der Waals surface area contributed by atoms with Gasteiger partial charge in [0, 0.05) is 13.1 Å². The Bertz CT molecular complexity index is 232. The summed E-state index contributed by atoms with van der Waals surface area (Å²) in [6.45, 7) is 8.79. The van der Waals surface area contributed by atoms with Crippen LogP contribution in [0.4, 0.5) is 0 Å². The first-order valence-corrected chi connectivity index (χ1v) is 6.64. The molecule has 0 aromatic heterocycles. The van der Waals surface area contributed by atoms with Crippen LogP contribution in [0.3, 0.4) is 0 Å². The van der Waals surface area contributed by atoms with Crippen molar-refractivity contribution in [1.29, 1.82) is 0 Å². The fourth-order valence-corrected chi connectivity index (χ4v) is 2.49. The van der Waals surface area contributed by atoms with Gasteiger partial charge in [0.05, 0.1) is 18.5 Å². The van der Waals surface area contributed by atoms with E-state index in [1.165, 1.54) is 4.31 Å². The molecule has 0 amide bonds. The molecule has 0 spiro atoms. The lowest BCUT2D eigenvalue weighted by atomic mass is 10.5. The maximum atomic E-state index is 11.6. The Morgan fingerprint density at radius 3 is 2.07 bits per heavy atom. The molecule has 0 aromatic carbocycles. The van der Waals surface area contributed by atoms with Crippen molar-refractivity contribution in [2.45, 2.75) is 33.8 Å². The third-order valence-corrected chi connectivity index (χ3v) is 3.88. The zero-order valence-corrected chi connectivity index (χ0v) is 10.3. The predicted molar refractivity (Wildman–Crippen MR) is 57.8 cm³/mol. The SMILES string of the molecule is CCN(CC)S(=O)(=O)CCOC(C)C. The van der Waals surface area contributed by atoms with Gasteiger partial charge in [-0.15, -0.1) is 0 Å². The van der Waals surface area contributed by atoms with E-state index in [9.17, 15) is 8.42 Å². The maximum absolute atomic E-state index is 11.6. The Kier molecular flexibility index (Phi) is 6.31. The van der Waals surface area contributed by atoms with Gasteiger partial charge < -0.3 is 4.74 Å². The average molecular weight is 223 g/mol. The van der Waals surface area contributed by atoms with Crippen molar-refractivity contribution in [3.05, 3.63) is 0 Å². The van der Waals surface area contributed by atoms with E-state index in [1.807, 2.05) is 27.7 Å². The molecule has 0 aliphatic heterocycles. The van der Waals surface area contributed by atoms with Gasteiger partial charge in [0.15, 0.2) is 0 Å². The van der Waals surface area contributed by atoms with E-state index in [0.29, 0.717) is 13.1 Å². The first kappa shape index (κ1) is 13.9. The summed E-state index contributed by atoms with van der Waals surface area (Å²) in [7, 11) is -3.11. The summed E-state index contributed by atoms with van der Waals surface area (Å²) in [5.74, 6) is 0.0762. The minimum absolute atomic E-state index is 0.0762. The quantitative estimate of drug-likeness (QED) is 0.649. The van der Waals surface area contributed by atoms with Crippen molar-refractivity contribution >= 4 is 10.0 Å². The summed E-state index contributed by atoms with van der Waals surface area (Å²) in [5, 5.41) is 0. The number of nitrogens with zero attached hydrogens (tertiary/aromatic N) is 1. The van der Waals surface area contributed by atoms with Crippen LogP contribution in [0.1, 0.15) is 27.7 Å². The van der Waals surface area contributed by atoms with Crippen LogP contribution in [0, 0.1) is 0 Å². The van der Waals surface area contributed by atoms with Crippen LogP contribution in [0.25, 0.3) is 0 Å². The highest BCUT2D eigenvalue weighted by atomic mass is 32.2. The van der Waals surface area contributed by atoms with Gasteiger partial charge in [-0.05, 0) is 13.8 Å². The molecule has 0 bridgehead atoms. The van der Waals surface area contributed by atoms with Crippen LogP contribution in [0.2, 0.25) is 0 Å². The molecule has 86 valence electrons. The van der Waals surface area contributed by atoms with E-state index in [0.717, 1.165) is 0 Å². The number of hydrogen-bond donors (Lipinski definition) is 0. The number of sulfonamides is 1. The van der Waals surface area contributed by atoms with Crippen LogP contribution in [0.5, 0.6) is 0 Å². The van der Waals surface area contributed by atoms with E-state index in [4.69, 9.17) is 4.74 Å². The molecule has 0 radical (unpaired) electrons. The molecular formula is C9H21NO3S. The second-order valence-corrected chi connectivity index (χ2v) is 5.41. The monoisotopic (exact) mass is 223 g/mol. The van der Waals surface area contributed by atoms with Crippen molar-refractivity contribution in [1.82, 2.24) is 4.31 Å². The highest BCUT2D eigenvalue weighted by molar-refractivity contribution is 7.89. The van der Waals surface area contributed by atoms with E-state index >= 15 is 0 Å². The van der Waals surface area contributed by atoms with E-state index in [1.54, 1.807) is 0 Å². The molecule has 0 atom stereocenters. The molecule has 0 rings (SSSR count). The fraction of sp³-hybridized carbons (Fsp3) is 1.00. The molecular weight excluding hydrogens is 202 g/mol. The molecule has 4 nitrogen and oxygen atoms in total. The maximum Gasteiger partial charge on any atom is 0.216 e. The van der Waals surface area contributed by atoms with Gasteiger partial charge in [0.25, 0.3) is 0 Å². The largest absolute Gasteiger partial charge is 0.378 e. The molecule has 5 heteroatoms. The molecule has 0 aromatic rings. The minimum atomic E-state index is -3.11. The van der Waals surface area contributed by atoms with Crippen LogP contribution in [0.15, 0.2) is 0 Å². The van der Waals surface area contributed by atoms with Gasteiger partial charge in [0.1, 0.15) is 0 Å². The molecule has 0 unspecified atom stereocenters. The lowest BCUT2D eigenvalue weighted by Gasteiger charge is -2.18. The van der Waals surface area contributed by atoms with Crippen molar-refractivity contribution in [3.63, 3.8) is 0 Å². The molecule has 0 fully saturated rings. The lowest BCUT2D eigenvalue weighted by molar-refractivity contribution is 0.0907. The molecule has 14 heavy (non-hydrogen) atoms. The van der Waals surface area contributed by atoms with Crippen LogP contribution in [-0.4, -0.2) is 44.3 Å². The standard InChI is InChI=1S/C9H21NO3S/c1-5-10(6-2)14(11,12)8-7-13-9(3)4/h9H,5-8H2,1-4H3. The van der Waals surface area contributed by atoms with Gasteiger partial charge in [-0.2, -0.15) is 0 Å². The van der Waals surface area contributed by atoms with E-state index in [2.05, 4.69) is 0 Å². The van der Waals surface area contributed by atoms with Gasteiger partial charge in [-0.1, -0.05) is 13.8 Å². The Morgan fingerprint density at radius 2 is 1.71 bits per heavy atom. The number of ether oxygens (including phenoxy) is 1. The van der Waals surface area contributed by atoms with Crippen LogP contribution < -0.4 is 0 Å². The summed E-state index contributed by atoms with van der Waals surface area (Å²) >= 11 is 0. The topological polar surface area (TPSA) is 46.6 Å². The smallest absolute Gasteiger partial charge is 0.216 e. The Morgan fingerprint density at radius 1 is 1.21 bits per heavy atom. The van der Waals surface area contributed by atoms with Gasteiger partial charge in [0.2, 0.25) is 10.0 Å². The highest BCUT2D eigenvalue weighted by Crippen LogP contribution is 2.01. The Hall–Kier alpha value is -0.130. The Balaban J connectivity index is 4.07. The molecule has 0 saturated carbocycles. The van der Waals surface area contributed by atoms with Crippen molar-refractivity contribution in [2.75, 3.05) is 25.4 Å².